The molecule has 2 atom stereocenters. The van der Waals surface area contributed by atoms with Crippen LogP contribution in [0.25, 0.3) is 11.1 Å². The molecule has 2 aromatic carbocycles. The summed E-state index contributed by atoms with van der Waals surface area (Å²) in [6, 6.07) is 19.4. The summed E-state index contributed by atoms with van der Waals surface area (Å²) in [5.74, 6) is -0.188. The van der Waals surface area contributed by atoms with Crippen molar-refractivity contribution in [2.45, 2.75) is 69.5 Å². The minimum absolute atomic E-state index is 0.188. The average Bonchev–Trinajstić information content (AvgIpc) is 2.91. The van der Waals surface area contributed by atoms with E-state index in [9.17, 15) is 10.1 Å². The highest BCUT2D eigenvalue weighted by Gasteiger charge is 2.36. The van der Waals surface area contributed by atoms with Gasteiger partial charge in [0.2, 0.25) is 5.91 Å². The molecule has 2 aromatic rings. The molecule has 3 N–H and O–H groups in total. The molecule has 0 aromatic heterocycles. The van der Waals surface area contributed by atoms with Crippen LogP contribution in [0.15, 0.2) is 48.5 Å². The van der Waals surface area contributed by atoms with Crippen molar-refractivity contribution in [1.29, 1.82) is 5.26 Å². The first-order chi connectivity index (χ1) is 17.4. The largest absolute Gasteiger partial charge is 0.338 e. The van der Waals surface area contributed by atoms with Crippen LogP contribution in [0.4, 0.5) is 0 Å². The molecule has 2 aliphatic rings. The van der Waals surface area contributed by atoms with Gasteiger partial charge in [0.15, 0.2) is 0 Å². The van der Waals surface area contributed by atoms with Crippen molar-refractivity contribution in [1.82, 2.24) is 15.1 Å². The molecule has 6 heteroatoms. The Morgan fingerprint density at radius 2 is 1.58 bits per heavy atom. The Hall–Kier alpha value is -2.72. The lowest BCUT2D eigenvalue weighted by molar-refractivity contribution is -0.127. The summed E-state index contributed by atoms with van der Waals surface area (Å²) in [5.41, 5.74) is 10.3. The molecule has 2 unspecified atom stereocenters. The molecular weight excluding hydrogens is 446 g/mol. The zero-order chi connectivity index (χ0) is 25.5. The van der Waals surface area contributed by atoms with Gasteiger partial charge in [-0.3, -0.25) is 9.69 Å². The number of nitrogens with zero attached hydrogens (tertiary/aromatic N) is 3. The average molecular weight is 488 g/mol. The zero-order valence-electron chi connectivity index (χ0n) is 21.9. The second kappa shape index (κ2) is 12.0. The first-order valence-corrected chi connectivity index (χ1v) is 13.5. The lowest BCUT2D eigenvalue weighted by Crippen LogP contribution is -2.57. The maximum Gasteiger partial charge on any atom is 0.241 e. The minimum Gasteiger partial charge on any atom is -0.338 e. The molecule has 0 spiro atoms. The van der Waals surface area contributed by atoms with Crippen molar-refractivity contribution in [3.63, 3.8) is 0 Å². The number of carbonyl (C=O) groups excluding carboxylic acids is 1. The van der Waals surface area contributed by atoms with Crippen molar-refractivity contribution in [3.05, 3.63) is 59.7 Å². The van der Waals surface area contributed by atoms with Gasteiger partial charge in [-0.1, -0.05) is 74.7 Å². The Bertz CT molecular complexity index is 1030. The Morgan fingerprint density at radius 1 is 1.00 bits per heavy atom. The van der Waals surface area contributed by atoms with E-state index in [1.165, 1.54) is 11.1 Å². The Balaban J connectivity index is 1.36. The van der Waals surface area contributed by atoms with Crippen LogP contribution >= 0.6 is 0 Å². The molecule has 2 fully saturated rings. The number of nitrogens with two attached hydrogens (primary N) is 1. The first kappa shape index (κ1) is 26.3. The van der Waals surface area contributed by atoms with Gasteiger partial charge in [0.25, 0.3) is 0 Å². The lowest BCUT2D eigenvalue weighted by atomic mass is 9.81. The van der Waals surface area contributed by atoms with Gasteiger partial charge in [-0.2, -0.15) is 5.26 Å². The lowest BCUT2D eigenvalue weighted by Gasteiger charge is -2.38. The van der Waals surface area contributed by atoms with Crippen LogP contribution in [0.2, 0.25) is 0 Å². The molecule has 36 heavy (non-hydrogen) atoms. The van der Waals surface area contributed by atoms with Crippen molar-refractivity contribution < 1.29 is 4.79 Å². The number of nitrogens with one attached hydrogen (secondary N) is 1. The smallest absolute Gasteiger partial charge is 0.241 e. The highest BCUT2D eigenvalue weighted by molar-refractivity contribution is 5.86. The third-order valence-electron chi connectivity index (χ3n) is 8.05. The van der Waals surface area contributed by atoms with E-state index in [1.54, 1.807) is 0 Å². The van der Waals surface area contributed by atoms with Crippen LogP contribution in [-0.2, 0) is 11.2 Å². The molecular formula is C30H41N5O. The van der Waals surface area contributed by atoms with Gasteiger partial charge in [-0.15, -0.1) is 0 Å². The SMILES string of the molecule is CCC(c1ccc(-c2ccc(CC(C#N)NC(=O)C3(N)CCCCC3)cc2)cc1)N1CCN(C)CC1. The Morgan fingerprint density at radius 3 is 2.14 bits per heavy atom. The van der Waals surface area contributed by atoms with Crippen LogP contribution in [0.3, 0.4) is 0 Å². The van der Waals surface area contributed by atoms with E-state index < -0.39 is 11.6 Å². The first-order valence-electron chi connectivity index (χ1n) is 13.5. The highest BCUT2D eigenvalue weighted by Crippen LogP contribution is 2.29. The van der Waals surface area contributed by atoms with Gasteiger partial charge < -0.3 is 16.0 Å². The van der Waals surface area contributed by atoms with Gasteiger partial charge in [-0.05, 0) is 48.6 Å². The Labute approximate surface area is 216 Å². The minimum atomic E-state index is -0.829. The van der Waals surface area contributed by atoms with Gasteiger partial charge in [0.05, 0.1) is 11.6 Å². The van der Waals surface area contributed by atoms with Gasteiger partial charge in [0.1, 0.15) is 6.04 Å². The van der Waals surface area contributed by atoms with Crippen LogP contribution in [0.5, 0.6) is 0 Å². The fourth-order valence-electron chi connectivity index (χ4n) is 5.65. The van der Waals surface area contributed by atoms with Gasteiger partial charge in [0, 0.05) is 38.6 Å². The fraction of sp³-hybridized carbons (Fsp3) is 0.533. The fourth-order valence-corrected chi connectivity index (χ4v) is 5.65. The topological polar surface area (TPSA) is 85.4 Å². The predicted octanol–water partition coefficient (Wildman–Crippen LogP) is 4.26. The van der Waals surface area contributed by atoms with Crippen molar-refractivity contribution >= 4 is 5.91 Å². The molecule has 1 saturated carbocycles. The molecule has 1 aliphatic carbocycles. The highest BCUT2D eigenvalue weighted by atomic mass is 16.2. The molecule has 1 aliphatic heterocycles. The van der Waals surface area contributed by atoms with Crippen molar-refractivity contribution in [2.75, 3.05) is 33.2 Å². The standard InChI is InChI=1S/C30H41N5O/c1-3-28(35-19-17-34(2)18-20-35)26-13-11-25(12-14-26)24-9-7-23(8-10-24)21-27(22-31)33-29(36)30(32)15-5-4-6-16-30/h7-14,27-28H,3-6,15-21,32H2,1-2H3,(H,33,36). The summed E-state index contributed by atoms with van der Waals surface area (Å²) in [5, 5.41) is 12.5. The number of hydrogen-bond acceptors (Lipinski definition) is 5. The molecule has 1 saturated heterocycles. The molecule has 0 bridgehead atoms. The number of hydrogen-bond donors (Lipinski definition) is 2. The van der Waals surface area contributed by atoms with E-state index in [0.717, 1.165) is 63.0 Å². The van der Waals surface area contributed by atoms with Crippen LogP contribution in [-0.4, -0.2) is 60.5 Å². The quantitative estimate of drug-likeness (QED) is 0.581. The van der Waals surface area contributed by atoms with E-state index in [1.807, 2.05) is 0 Å². The number of likely N-dealkylation sites (N-methyl/N-ethyl adjacent to an activating group) is 1. The number of piperazine rings is 1. The molecule has 192 valence electrons. The van der Waals surface area contributed by atoms with Crippen LogP contribution in [0, 0.1) is 11.3 Å². The molecule has 6 nitrogen and oxygen atoms in total. The van der Waals surface area contributed by atoms with E-state index in [-0.39, 0.29) is 5.91 Å². The summed E-state index contributed by atoms with van der Waals surface area (Å²) >= 11 is 0. The maximum atomic E-state index is 12.7. The molecule has 1 amide bonds. The Kier molecular flexibility index (Phi) is 8.79. The normalized spacial score (nSPS) is 20.3. The summed E-state index contributed by atoms with van der Waals surface area (Å²) in [6.45, 7) is 6.77. The predicted molar refractivity (Wildman–Crippen MR) is 145 cm³/mol. The number of carbonyl (C=O) groups is 1. The van der Waals surface area contributed by atoms with E-state index in [4.69, 9.17) is 5.73 Å². The second-order valence-electron chi connectivity index (χ2n) is 10.7. The molecule has 1 heterocycles. The maximum absolute atomic E-state index is 12.7. The van der Waals surface area contributed by atoms with Crippen molar-refractivity contribution in [2.24, 2.45) is 5.73 Å². The second-order valence-corrected chi connectivity index (χ2v) is 10.7. The number of nitriles is 1. The summed E-state index contributed by atoms with van der Waals surface area (Å²) in [4.78, 5) is 17.7. The van der Waals surface area contributed by atoms with E-state index in [0.29, 0.717) is 25.3 Å². The third-order valence-corrected chi connectivity index (χ3v) is 8.05. The third kappa shape index (κ3) is 6.34. The van der Waals surface area contributed by atoms with Crippen molar-refractivity contribution in [3.8, 4) is 17.2 Å². The van der Waals surface area contributed by atoms with E-state index in [2.05, 4.69) is 83.7 Å². The summed E-state index contributed by atoms with van der Waals surface area (Å²) < 4.78 is 0. The van der Waals surface area contributed by atoms with Gasteiger partial charge in [-0.25, -0.2) is 0 Å². The zero-order valence-corrected chi connectivity index (χ0v) is 21.9. The van der Waals surface area contributed by atoms with Gasteiger partial charge >= 0.3 is 0 Å². The summed E-state index contributed by atoms with van der Waals surface area (Å²) in [6.07, 6.45) is 6.04. The summed E-state index contributed by atoms with van der Waals surface area (Å²) in [7, 11) is 2.20. The van der Waals surface area contributed by atoms with Crippen LogP contribution in [0.1, 0.15) is 62.6 Å². The number of amides is 1. The number of benzene rings is 2. The van der Waals surface area contributed by atoms with E-state index >= 15 is 0 Å². The van der Waals surface area contributed by atoms with Crippen LogP contribution < -0.4 is 11.1 Å². The molecule has 4 rings (SSSR count). The monoisotopic (exact) mass is 487 g/mol. The molecule has 0 radical (unpaired) electrons. The number of rotatable bonds is 8.